The molecule has 0 bridgehead atoms. The van der Waals surface area contributed by atoms with Crippen LogP contribution in [0.3, 0.4) is 0 Å². The van der Waals surface area contributed by atoms with E-state index in [2.05, 4.69) is 28.5 Å². The smallest absolute Gasteiger partial charge is 0.408 e. The second-order valence-corrected chi connectivity index (χ2v) is 17.2. The molecule has 2 aromatic carbocycles. The molecule has 2 aliphatic carbocycles. The number of sulfonamides is 1. The number of nitrogens with one attached hydrogen (secondary N) is 3. The average Bonchev–Trinajstić information content (AvgIpc) is 4.09. The van der Waals surface area contributed by atoms with Crippen molar-refractivity contribution < 1.29 is 41.8 Å². The van der Waals surface area contributed by atoms with Crippen molar-refractivity contribution in [3.8, 4) is 22.8 Å². The highest BCUT2D eigenvalue weighted by atomic mass is 32.2. The Balaban J connectivity index is 1.35. The number of amides is 4. The van der Waals surface area contributed by atoms with Gasteiger partial charge in [0.2, 0.25) is 21.8 Å². The van der Waals surface area contributed by atoms with Crippen LogP contribution < -0.4 is 24.8 Å². The van der Waals surface area contributed by atoms with Crippen molar-refractivity contribution >= 4 is 44.7 Å². The summed E-state index contributed by atoms with van der Waals surface area (Å²) in [5.74, 6) is -2.33. The molecule has 0 spiro atoms. The maximum absolute atomic E-state index is 14.6. The Bertz CT molecular complexity index is 2120. The standard InChI is InChI=1S/C40H47N5O9S/c1-7-18-53-38(49)42-34(39(3,4)5)36(47)45-23-25(35(46)43-40(22-26(40)8-2)37(48)44-55(50,51)28-15-16-28)19-33(45)54-32-21-30(24-12-10-9-11-13-24)41-31-20-27(52-6)14-17-29(31)32/h7-14,17,20-21,25-26,28,33-34H,1-2,15-16,18-19,22-23H2,3-6H3,(H,42,49)(H,43,46)(H,44,48)/t25-,26-,33+,34-,40-/m1/s1. The summed E-state index contributed by atoms with van der Waals surface area (Å²) in [5.41, 5.74) is -0.338. The van der Waals surface area contributed by atoms with Crippen LogP contribution in [0.4, 0.5) is 4.79 Å². The molecule has 0 radical (unpaired) electrons. The van der Waals surface area contributed by atoms with E-state index in [9.17, 15) is 27.6 Å². The first-order chi connectivity index (χ1) is 26.1. The topological polar surface area (TPSA) is 182 Å². The Morgan fingerprint density at radius 1 is 1.07 bits per heavy atom. The van der Waals surface area contributed by atoms with Crippen molar-refractivity contribution in [1.82, 2.24) is 25.2 Å². The lowest BCUT2D eigenvalue weighted by atomic mass is 9.86. The highest BCUT2D eigenvalue weighted by Gasteiger charge is 2.61. The number of likely N-dealkylation sites (tertiary alicyclic amines) is 1. The number of fused-ring (bicyclic) bond motifs is 1. The van der Waals surface area contributed by atoms with E-state index < -0.39 is 74.1 Å². The molecular formula is C40H47N5O9S. The number of carbonyl (C=O) groups excluding carboxylic acids is 4. The van der Waals surface area contributed by atoms with Gasteiger partial charge in [0.1, 0.15) is 29.7 Å². The van der Waals surface area contributed by atoms with Gasteiger partial charge in [-0.3, -0.25) is 19.1 Å². The number of hydrogen-bond acceptors (Lipinski definition) is 10. The van der Waals surface area contributed by atoms with Crippen LogP contribution in [0.2, 0.25) is 0 Å². The van der Waals surface area contributed by atoms with Crippen LogP contribution in [0.25, 0.3) is 22.2 Å². The summed E-state index contributed by atoms with van der Waals surface area (Å²) in [4.78, 5) is 61.2. The van der Waals surface area contributed by atoms with Gasteiger partial charge in [0, 0.05) is 42.0 Å². The molecule has 5 atom stereocenters. The van der Waals surface area contributed by atoms with Crippen LogP contribution in [0.5, 0.6) is 11.5 Å². The van der Waals surface area contributed by atoms with Gasteiger partial charge in [-0.2, -0.15) is 0 Å². The third-order valence-electron chi connectivity index (χ3n) is 10.2. The van der Waals surface area contributed by atoms with E-state index in [1.54, 1.807) is 52.1 Å². The number of benzene rings is 2. The molecule has 1 saturated heterocycles. The van der Waals surface area contributed by atoms with Crippen LogP contribution in [-0.2, 0) is 29.1 Å². The molecule has 1 aromatic heterocycles. The molecule has 292 valence electrons. The Morgan fingerprint density at radius 2 is 1.80 bits per heavy atom. The van der Waals surface area contributed by atoms with E-state index in [0.29, 0.717) is 40.9 Å². The normalized spacial score (nSPS) is 22.5. The van der Waals surface area contributed by atoms with E-state index in [1.165, 1.54) is 17.1 Å². The number of aromatic nitrogens is 1. The lowest BCUT2D eigenvalue weighted by Crippen LogP contribution is -2.57. The van der Waals surface area contributed by atoms with Gasteiger partial charge in [-0.15, -0.1) is 6.58 Å². The first-order valence-corrected chi connectivity index (χ1v) is 19.7. The number of methoxy groups -OCH3 is 1. The second-order valence-electron chi connectivity index (χ2n) is 15.3. The fourth-order valence-electron chi connectivity index (χ4n) is 6.78. The zero-order chi connectivity index (χ0) is 39.7. The fourth-order valence-corrected chi connectivity index (χ4v) is 8.15. The summed E-state index contributed by atoms with van der Waals surface area (Å²) >= 11 is 0. The molecule has 15 heteroatoms. The second kappa shape index (κ2) is 15.4. The SMILES string of the molecule is C=CCOC(=O)N[C@H](C(=O)N1C[C@H](C(=O)N[C@]2(C(=O)NS(=O)(=O)C3CC3)C[C@H]2C=C)C[C@@H]1Oc1cc(-c2ccccc2)nc2cc(OC)ccc12)C(C)(C)C. The van der Waals surface area contributed by atoms with E-state index in [1.807, 2.05) is 30.3 Å². The van der Waals surface area contributed by atoms with Crippen LogP contribution in [0.1, 0.15) is 46.5 Å². The summed E-state index contributed by atoms with van der Waals surface area (Å²) in [6.07, 6.45) is 2.18. The summed E-state index contributed by atoms with van der Waals surface area (Å²) in [7, 11) is -2.33. The molecule has 6 rings (SSSR count). The third-order valence-corrected chi connectivity index (χ3v) is 12.0. The minimum absolute atomic E-state index is 0.00676. The quantitative estimate of drug-likeness (QED) is 0.198. The van der Waals surface area contributed by atoms with Gasteiger partial charge in [-0.25, -0.2) is 18.2 Å². The predicted molar refractivity (Wildman–Crippen MR) is 205 cm³/mol. The molecule has 2 saturated carbocycles. The van der Waals surface area contributed by atoms with Crippen molar-refractivity contribution in [1.29, 1.82) is 0 Å². The molecule has 3 N–H and O–H groups in total. The average molecular weight is 774 g/mol. The molecule has 1 aliphatic heterocycles. The molecule has 55 heavy (non-hydrogen) atoms. The minimum Gasteiger partial charge on any atom is -0.497 e. The van der Waals surface area contributed by atoms with Gasteiger partial charge in [-0.05, 0) is 36.8 Å². The number of carbonyl (C=O) groups is 4. The Kier molecular flexibility index (Phi) is 11.0. The first kappa shape index (κ1) is 39.3. The summed E-state index contributed by atoms with van der Waals surface area (Å²) < 4.78 is 44.9. The maximum atomic E-state index is 14.6. The Morgan fingerprint density at radius 3 is 2.42 bits per heavy atom. The molecule has 0 unspecified atom stereocenters. The molecule has 4 amide bonds. The zero-order valence-electron chi connectivity index (χ0n) is 31.4. The first-order valence-electron chi connectivity index (χ1n) is 18.2. The number of pyridine rings is 1. The summed E-state index contributed by atoms with van der Waals surface area (Å²) in [5, 5.41) is 5.49. The van der Waals surface area contributed by atoms with Gasteiger partial charge >= 0.3 is 6.09 Å². The van der Waals surface area contributed by atoms with Crippen LogP contribution in [0.15, 0.2) is 79.9 Å². The number of ether oxygens (including phenoxy) is 3. The van der Waals surface area contributed by atoms with Crippen LogP contribution in [0, 0.1) is 17.3 Å². The Labute approximate surface area is 320 Å². The molecule has 14 nitrogen and oxygen atoms in total. The lowest BCUT2D eigenvalue weighted by Gasteiger charge is -2.35. The van der Waals surface area contributed by atoms with E-state index in [4.69, 9.17) is 19.2 Å². The monoisotopic (exact) mass is 773 g/mol. The molecule has 2 heterocycles. The van der Waals surface area contributed by atoms with Gasteiger partial charge < -0.3 is 29.7 Å². The number of hydrogen-bond donors (Lipinski definition) is 3. The fraction of sp³-hybridized carbons (Fsp3) is 0.425. The van der Waals surface area contributed by atoms with E-state index in [-0.39, 0.29) is 26.0 Å². The largest absolute Gasteiger partial charge is 0.497 e. The molecule has 3 aliphatic rings. The number of alkyl carbamates (subject to hydrolysis) is 1. The van der Waals surface area contributed by atoms with Crippen molar-refractivity contribution in [2.24, 2.45) is 17.3 Å². The zero-order valence-corrected chi connectivity index (χ0v) is 32.2. The van der Waals surface area contributed by atoms with Gasteiger partial charge in [0.15, 0.2) is 6.23 Å². The lowest BCUT2D eigenvalue weighted by molar-refractivity contribution is -0.141. The maximum Gasteiger partial charge on any atom is 0.408 e. The highest BCUT2D eigenvalue weighted by molar-refractivity contribution is 7.91. The molecule has 3 fully saturated rings. The summed E-state index contributed by atoms with van der Waals surface area (Å²) in [6.45, 7) is 12.5. The van der Waals surface area contributed by atoms with Gasteiger partial charge in [-0.1, -0.05) is 69.8 Å². The minimum atomic E-state index is -3.89. The van der Waals surface area contributed by atoms with Crippen molar-refractivity contribution in [2.75, 3.05) is 20.3 Å². The predicted octanol–water partition coefficient (Wildman–Crippen LogP) is 4.46. The van der Waals surface area contributed by atoms with Gasteiger partial charge in [0.25, 0.3) is 5.91 Å². The number of nitrogens with zero attached hydrogens (tertiary/aromatic N) is 2. The summed E-state index contributed by atoms with van der Waals surface area (Å²) in [6, 6.07) is 15.5. The number of rotatable bonds is 14. The van der Waals surface area contributed by atoms with Crippen molar-refractivity contribution in [3.05, 3.63) is 79.9 Å². The van der Waals surface area contributed by atoms with Crippen LogP contribution in [-0.4, -0.2) is 85.4 Å². The third kappa shape index (κ3) is 8.46. The highest BCUT2D eigenvalue weighted by Crippen LogP contribution is 2.46. The molecular weight excluding hydrogens is 727 g/mol. The van der Waals surface area contributed by atoms with E-state index >= 15 is 0 Å². The van der Waals surface area contributed by atoms with Crippen molar-refractivity contribution in [2.45, 2.75) is 69.5 Å². The van der Waals surface area contributed by atoms with Crippen molar-refractivity contribution in [3.63, 3.8) is 0 Å². The molecule has 3 aromatic rings. The van der Waals surface area contributed by atoms with Crippen LogP contribution >= 0.6 is 0 Å². The van der Waals surface area contributed by atoms with Gasteiger partial charge in [0.05, 0.1) is 29.5 Å². The van der Waals surface area contributed by atoms with E-state index in [0.717, 1.165) is 5.56 Å². The Hall–Kier alpha value is -5.44.